The van der Waals surface area contributed by atoms with Crippen molar-refractivity contribution in [1.82, 2.24) is 0 Å². The highest BCUT2D eigenvalue weighted by atomic mass is 35.5. The van der Waals surface area contributed by atoms with Gasteiger partial charge in [0.25, 0.3) is 0 Å². The van der Waals surface area contributed by atoms with E-state index in [2.05, 4.69) is 20.8 Å². The molecule has 3 unspecified atom stereocenters. The minimum Gasteiger partial charge on any atom is -0.489 e. The minimum atomic E-state index is 0.256. The molecule has 3 rings (SSSR count). The first-order chi connectivity index (χ1) is 9.38. The molecule has 2 bridgehead atoms. The number of fused-ring (bicyclic) bond motifs is 2. The highest BCUT2D eigenvalue weighted by molar-refractivity contribution is 6.30. The van der Waals surface area contributed by atoms with Crippen LogP contribution in [-0.2, 0) is 6.54 Å². The third-order valence-electron chi connectivity index (χ3n) is 6.23. The van der Waals surface area contributed by atoms with E-state index in [4.69, 9.17) is 22.1 Å². The molecule has 2 saturated carbocycles. The van der Waals surface area contributed by atoms with Gasteiger partial charge in [0.05, 0.1) is 0 Å². The second-order valence-electron chi connectivity index (χ2n) is 7.17. The van der Waals surface area contributed by atoms with Crippen LogP contribution >= 0.6 is 11.6 Å². The summed E-state index contributed by atoms with van der Waals surface area (Å²) in [6, 6.07) is 5.76. The van der Waals surface area contributed by atoms with Crippen molar-refractivity contribution in [2.24, 2.45) is 22.5 Å². The summed E-state index contributed by atoms with van der Waals surface area (Å²) in [5.41, 5.74) is 7.47. The second kappa shape index (κ2) is 4.64. The largest absolute Gasteiger partial charge is 0.489 e. The molecule has 2 N–H and O–H groups in total. The maximum atomic E-state index is 6.39. The van der Waals surface area contributed by atoms with Gasteiger partial charge in [-0.15, -0.1) is 0 Å². The first-order valence-electron chi connectivity index (χ1n) is 7.53. The fourth-order valence-electron chi connectivity index (χ4n) is 4.27. The normalized spacial score (nSPS) is 34.5. The van der Waals surface area contributed by atoms with Crippen molar-refractivity contribution in [2.45, 2.75) is 52.7 Å². The van der Waals surface area contributed by atoms with Crippen molar-refractivity contribution < 1.29 is 4.74 Å². The zero-order chi connectivity index (χ0) is 14.5. The summed E-state index contributed by atoms with van der Waals surface area (Å²) in [7, 11) is 0. The first kappa shape index (κ1) is 14.2. The second-order valence-corrected chi connectivity index (χ2v) is 7.61. The van der Waals surface area contributed by atoms with E-state index in [9.17, 15) is 0 Å². The van der Waals surface area contributed by atoms with Gasteiger partial charge in [0.15, 0.2) is 0 Å². The summed E-state index contributed by atoms with van der Waals surface area (Å²) in [4.78, 5) is 0. The fraction of sp³-hybridized carbons (Fsp3) is 0.647. The summed E-state index contributed by atoms with van der Waals surface area (Å²) >= 11 is 6.11. The molecule has 0 radical (unpaired) electrons. The van der Waals surface area contributed by atoms with Crippen LogP contribution in [0.25, 0.3) is 0 Å². The summed E-state index contributed by atoms with van der Waals surface area (Å²) in [5, 5.41) is 0.713. The smallest absolute Gasteiger partial charge is 0.125 e. The molecule has 1 aromatic carbocycles. The number of benzene rings is 1. The SMILES string of the molecule is CC1(C)C2CCC1(C)C(Oc1cc(Cl)ccc1CN)C2. The van der Waals surface area contributed by atoms with Gasteiger partial charge < -0.3 is 10.5 Å². The highest BCUT2D eigenvalue weighted by Crippen LogP contribution is 2.66. The number of rotatable bonds is 3. The van der Waals surface area contributed by atoms with Crippen LogP contribution in [0.4, 0.5) is 0 Å². The van der Waals surface area contributed by atoms with Crippen molar-refractivity contribution >= 4 is 11.6 Å². The van der Waals surface area contributed by atoms with Crippen LogP contribution in [-0.4, -0.2) is 6.10 Å². The van der Waals surface area contributed by atoms with Crippen LogP contribution in [0.3, 0.4) is 0 Å². The van der Waals surface area contributed by atoms with E-state index in [1.165, 1.54) is 12.8 Å². The van der Waals surface area contributed by atoms with Crippen LogP contribution in [0, 0.1) is 16.7 Å². The molecule has 0 aliphatic heterocycles. The molecule has 3 heteroatoms. The van der Waals surface area contributed by atoms with Gasteiger partial charge in [-0.25, -0.2) is 0 Å². The van der Waals surface area contributed by atoms with E-state index in [0.717, 1.165) is 23.7 Å². The van der Waals surface area contributed by atoms with Gasteiger partial charge in [-0.2, -0.15) is 0 Å². The lowest BCUT2D eigenvalue weighted by molar-refractivity contribution is 0.0296. The van der Waals surface area contributed by atoms with E-state index >= 15 is 0 Å². The molecule has 20 heavy (non-hydrogen) atoms. The van der Waals surface area contributed by atoms with Crippen molar-refractivity contribution in [3.05, 3.63) is 28.8 Å². The molecule has 2 aliphatic carbocycles. The molecule has 2 fully saturated rings. The summed E-state index contributed by atoms with van der Waals surface area (Å²) in [5.74, 6) is 1.65. The summed E-state index contributed by atoms with van der Waals surface area (Å²) in [6.45, 7) is 7.67. The first-order valence-corrected chi connectivity index (χ1v) is 7.91. The van der Waals surface area contributed by atoms with Crippen LogP contribution in [0.15, 0.2) is 18.2 Å². The van der Waals surface area contributed by atoms with Crippen LogP contribution < -0.4 is 10.5 Å². The van der Waals surface area contributed by atoms with E-state index in [1.54, 1.807) is 0 Å². The lowest BCUT2D eigenvalue weighted by Crippen LogP contribution is -2.39. The number of hydrogen-bond donors (Lipinski definition) is 1. The van der Waals surface area contributed by atoms with Gasteiger partial charge in [0, 0.05) is 22.5 Å². The van der Waals surface area contributed by atoms with Crippen molar-refractivity contribution in [3.63, 3.8) is 0 Å². The Morgan fingerprint density at radius 2 is 2.10 bits per heavy atom. The van der Waals surface area contributed by atoms with E-state index in [1.807, 2.05) is 18.2 Å². The van der Waals surface area contributed by atoms with Gasteiger partial charge in [-0.1, -0.05) is 38.4 Å². The molecule has 110 valence electrons. The van der Waals surface area contributed by atoms with E-state index in [0.29, 0.717) is 17.0 Å². The fourth-order valence-corrected chi connectivity index (χ4v) is 4.43. The summed E-state index contributed by atoms with van der Waals surface area (Å²) in [6.07, 6.45) is 4.02. The number of ether oxygens (including phenoxy) is 1. The van der Waals surface area contributed by atoms with Gasteiger partial charge >= 0.3 is 0 Å². The van der Waals surface area contributed by atoms with Crippen LogP contribution in [0.2, 0.25) is 5.02 Å². The van der Waals surface area contributed by atoms with Crippen molar-refractivity contribution in [2.75, 3.05) is 0 Å². The third kappa shape index (κ3) is 1.88. The Kier molecular flexibility index (Phi) is 3.30. The minimum absolute atomic E-state index is 0.256. The molecule has 1 aromatic rings. The van der Waals surface area contributed by atoms with Crippen molar-refractivity contribution in [1.29, 1.82) is 0 Å². The molecule has 0 saturated heterocycles. The summed E-state index contributed by atoms with van der Waals surface area (Å²) < 4.78 is 6.39. The molecule has 2 aliphatic rings. The zero-order valence-corrected chi connectivity index (χ0v) is 13.3. The molecular weight excluding hydrogens is 270 g/mol. The average molecular weight is 294 g/mol. The predicted octanol–water partition coefficient (Wildman–Crippen LogP) is 4.39. The zero-order valence-electron chi connectivity index (χ0n) is 12.6. The molecular formula is C17H24ClNO. The Hall–Kier alpha value is -0.730. The predicted molar refractivity (Wildman–Crippen MR) is 83.0 cm³/mol. The molecule has 2 nitrogen and oxygen atoms in total. The van der Waals surface area contributed by atoms with E-state index < -0.39 is 0 Å². The molecule has 0 spiro atoms. The van der Waals surface area contributed by atoms with E-state index in [-0.39, 0.29) is 11.5 Å². The van der Waals surface area contributed by atoms with Gasteiger partial charge in [-0.05, 0) is 42.7 Å². The maximum absolute atomic E-state index is 6.39. The topological polar surface area (TPSA) is 35.2 Å². The molecule has 3 atom stereocenters. The molecule has 0 heterocycles. The highest BCUT2D eigenvalue weighted by Gasteiger charge is 2.62. The Morgan fingerprint density at radius 1 is 1.35 bits per heavy atom. The van der Waals surface area contributed by atoms with Crippen LogP contribution in [0.1, 0.15) is 45.6 Å². The maximum Gasteiger partial charge on any atom is 0.125 e. The Morgan fingerprint density at radius 3 is 2.65 bits per heavy atom. The Labute approximate surface area is 126 Å². The monoisotopic (exact) mass is 293 g/mol. The van der Waals surface area contributed by atoms with Gasteiger partial charge in [0.2, 0.25) is 0 Å². The molecule has 0 amide bonds. The quantitative estimate of drug-likeness (QED) is 0.897. The number of hydrogen-bond acceptors (Lipinski definition) is 2. The van der Waals surface area contributed by atoms with Gasteiger partial charge in [-0.3, -0.25) is 0 Å². The Balaban J connectivity index is 1.88. The van der Waals surface area contributed by atoms with Crippen LogP contribution in [0.5, 0.6) is 5.75 Å². The lowest BCUT2D eigenvalue weighted by Gasteiger charge is -2.39. The lowest BCUT2D eigenvalue weighted by atomic mass is 9.70. The average Bonchev–Trinajstić information content (AvgIpc) is 2.72. The third-order valence-corrected chi connectivity index (χ3v) is 6.47. The van der Waals surface area contributed by atoms with Gasteiger partial charge in [0.1, 0.15) is 11.9 Å². The number of halogens is 1. The van der Waals surface area contributed by atoms with Crippen molar-refractivity contribution in [3.8, 4) is 5.75 Å². The number of nitrogens with two attached hydrogens (primary N) is 1. The molecule has 0 aromatic heterocycles. The standard InChI is InChI=1S/C17H24ClNO/c1-16(2)12-6-7-17(16,3)15(8-12)20-14-9-13(18)5-4-11(14)10-19/h4-5,9,12,15H,6-8,10,19H2,1-3H3. The Bertz CT molecular complexity index is 528.